The van der Waals surface area contributed by atoms with Crippen LogP contribution in [-0.4, -0.2) is 25.4 Å². The SMILES string of the molecule is CCCc1csc([C@H](Cc2ccc(NS(=O)[O-])cc2)NC(=O)OC(C)(C)C)n1. The zero-order chi connectivity index (χ0) is 20.7. The van der Waals surface area contributed by atoms with Gasteiger partial charge in [0.05, 0.1) is 11.7 Å². The van der Waals surface area contributed by atoms with Crippen LogP contribution in [0.15, 0.2) is 29.6 Å². The molecule has 2 aromatic rings. The molecule has 0 aliphatic carbocycles. The molecule has 1 aromatic heterocycles. The predicted octanol–water partition coefficient (Wildman–Crippen LogP) is 4.11. The van der Waals surface area contributed by atoms with Crippen molar-refractivity contribution < 1.29 is 18.3 Å². The van der Waals surface area contributed by atoms with Crippen molar-refractivity contribution in [1.29, 1.82) is 0 Å². The van der Waals surface area contributed by atoms with Crippen LogP contribution in [0, 0.1) is 0 Å². The molecule has 1 unspecified atom stereocenters. The quantitative estimate of drug-likeness (QED) is 0.621. The summed E-state index contributed by atoms with van der Waals surface area (Å²) in [6.07, 6.45) is 1.91. The van der Waals surface area contributed by atoms with E-state index >= 15 is 0 Å². The minimum Gasteiger partial charge on any atom is -0.755 e. The van der Waals surface area contributed by atoms with E-state index in [-0.39, 0.29) is 6.04 Å². The monoisotopic (exact) mass is 424 g/mol. The Bertz CT molecular complexity index is 800. The van der Waals surface area contributed by atoms with E-state index in [1.165, 1.54) is 11.3 Å². The lowest BCUT2D eigenvalue weighted by molar-refractivity contribution is 0.0503. The predicted molar refractivity (Wildman–Crippen MR) is 111 cm³/mol. The maximum absolute atomic E-state index is 12.3. The highest BCUT2D eigenvalue weighted by molar-refractivity contribution is 7.80. The van der Waals surface area contributed by atoms with Crippen LogP contribution < -0.4 is 10.0 Å². The number of benzene rings is 1. The largest absolute Gasteiger partial charge is 0.755 e. The number of aryl methyl sites for hydroxylation is 1. The minimum absolute atomic E-state index is 0.335. The van der Waals surface area contributed by atoms with E-state index in [2.05, 4.69) is 21.9 Å². The van der Waals surface area contributed by atoms with Gasteiger partial charge in [-0.1, -0.05) is 25.5 Å². The minimum atomic E-state index is -2.36. The number of hydrogen-bond donors (Lipinski definition) is 2. The number of thiazole rings is 1. The Morgan fingerprint density at radius 2 is 2.00 bits per heavy atom. The number of carbonyl (C=O) groups is 1. The van der Waals surface area contributed by atoms with E-state index in [0.717, 1.165) is 29.1 Å². The molecule has 2 rings (SSSR count). The van der Waals surface area contributed by atoms with Crippen molar-refractivity contribution in [1.82, 2.24) is 10.3 Å². The molecule has 28 heavy (non-hydrogen) atoms. The summed E-state index contributed by atoms with van der Waals surface area (Å²) in [6, 6.07) is 6.66. The fourth-order valence-corrected chi connectivity index (χ4v) is 3.78. The highest BCUT2D eigenvalue weighted by Gasteiger charge is 2.23. The molecule has 2 atom stereocenters. The van der Waals surface area contributed by atoms with E-state index in [1.807, 2.05) is 38.3 Å². The first-order valence-corrected chi connectivity index (χ1v) is 11.0. The highest BCUT2D eigenvalue weighted by Crippen LogP contribution is 2.24. The molecular weight excluding hydrogens is 398 g/mol. The second-order valence-electron chi connectivity index (χ2n) is 7.36. The second-order valence-corrected chi connectivity index (χ2v) is 8.93. The molecule has 1 amide bonds. The molecule has 0 spiro atoms. The number of carbonyl (C=O) groups excluding carboxylic acids is 1. The molecule has 0 radical (unpaired) electrons. The first-order chi connectivity index (χ1) is 13.2. The van der Waals surface area contributed by atoms with Crippen molar-refractivity contribution in [2.45, 2.75) is 58.6 Å². The average Bonchev–Trinajstić information content (AvgIpc) is 3.03. The molecule has 0 aliphatic rings. The molecule has 0 saturated heterocycles. The van der Waals surface area contributed by atoms with Crippen LogP contribution in [0.1, 0.15) is 56.4 Å². The highest BCUT2D eigenvalue weighted by atomic mass is 32.2. The Balaban J connectivity index is 2.17. The molecule has 0 saturated carbocycles. The van der Waals surface area contributed by atoms with Crippen LogP contribution in [0.2, 0.25) is 0 Å². The van der Waals surface area contributed by atoms with Crippen LogP contribution in [0.4, 0.5) is 10.5 Å². The van der Waals surface area contributed by atoms with Crippen molar-refractivity contribution in [3.8, 4) is 0 Å². The fraction of sp³-hybridized carbons (Fsp3) is 0.474. The Morgan fingerprint density at radius 1 is 1.32 bits per heavy atom. The number of nitrogens with one attached hydrogen (secondary N) is 2. The summed E-state index contributed by atoms with van der Waals surface area (Å²) < 4.78 is 29.2. The summed E-state index contributed by atoms with van der Waals surface area (Å²) in [6.45, 7) is 7.54. The molecule has 2 N–H and O–H groups in total. The summed E-state index contributed by atoms with van der Waals surface area (Å²) in [5, 5.41) is 5.74. The fourth-order valence-electron chi connectivity index (χ4n) is 2.54. The van der Waals surface area contributed by atoms with Gasteiger partial charge in [0.1, 0.15) is 10.6 Å². The summed E-state index contributed by atoms with van der Waals surface area (Å²) in [5.41, 5.74) is 1.84. The van der Waals surface area contributed by atoms with Gasteiger partial charge in [0, 0.05) is 22.3 Å². The third-order valence-electron chi connectivity index (χ3n) is 3.66. The molecule has 0 fully saturated rings. The number of amides is 1. The van der Waals surface area contributed by atoms with Gasteiger partial charge in [0.25, 0.3) is 0 Å². The number of alkyl carbamates (subject to hydrolysis) is 1. The second kappa shape index (κ2) is 9.99. The number of ether oxygens (including phenoxy) is 1. The lowest BCUT2D eigenvalue weighted by Crippen LogP contribution is -2.35. The smallest absolute Gasteiger partial charge is 0.408 e. The number of anilines is 1. The number of rotatable bonds is 8. The summed E-state index contributed by atoms with van der Waals surface area (Å²) in [5.74, 6) is 0. The lowest BCUT2D eigenvalue weighted by atomic mass is 10.1. The maximum Gasteiger partial charge on any atom is 0.408 e. The first kappa shape index (κ1) is 22.3. The third kappa shape index (κ3) is 7.57. The van der Waals surface area contributed by atoms with Crippen LogP contribution in [-0.2, 0) is 28.8 Å². The van der Waals surface area contributed by atoms with Gasteiger partial charge in [-0.25, -0.2) is 9.78 Å². The Hall–Kier alpha value is -1.97. The van der Waals surface area contributed by atoms with Crippen molar-refractivity contribution in [3.63, 3.8) is 0 Å². The molecule has 154 valence electrons. The number of hydrogen-bond acceptors (Lipinski definition) is 6. The van der Waals surface area contributed by atoms with Gasteiger partial charge in [-0.05, 0) is 51.3 Å². The molecule has 1 aromatic carbocycles. The van der Waals surface area contributed by atoms with Crippen LogP contribution in [0.5, 0.6) is 0 Å². The number of nitrogens with zero attached hydrogens (tertiary/aromatic N) is 1. The average molecular weight is 425 g/mol. The van der Waals surface area contributed by atoms with Crippen molar-refractivity contribution in [2.24, 2.45) is 0 Å². The van der Waals surface area contributed by atoms with Gasteiger partial charge < -0.3 is 19.3 Å². The zero-order valence-electron chi connectivity index (χ0n) is 16.5. The van der Waals surface area contributed by atoms with E-state index < -0.39 is 23.0 Å². The third-order valence-corrected chi connectivity index (χ3v) is 5.07. The van der Waals surface area contributed by atoms with Crippen molar-refractivity contribution in [2.75, 3.05) is 4.72 Å². The molecular formula is C19H26N3O4S2-. The lowest BCUT2D eigenvalue weighted by Gasteiger charge is -2.23. The van der Waals surface area contributed by atoms with E-state index in [1.54, 1.807) is 12.1 Å². The normalized spacial score (nSPS) is 13.6. The number of aromatic nitrogens is 1. The van der Waals surface area contributed by atoms with Crippen molar-refractivity contribution in [3.05, 3.63) is 45.9 Å². The van der Waals surface area contributed by atoms with Gasteiger partial charge in [-0.15, -0.1) is 11.3 Å². The van der Waals surface area contributed by atoms with Gasteiger partial charge in [0.15, 0.2) is 0 Å². The first-order valence-electron chi connectivity index (χ1n) is 9.05. The van der Waals surface area contributed by atoms with Crippen LogP contribution >= 0.6 is 11.3 Å². The Labute approximate surface area is 172 Å². The summed E-state index contributed by atoms with van der Waals surface area (Å²) >= 11 is -0.849. The summed E-state index contributed by atoms with van der Waals surface area (Å²) in [4.78, 5) is 17.0. The zero-order valence-corrected chi connectivity index (χ0v) is 18.1. The molecule has 0 aliphatic heterocycles. The van der Waals surface area contributed by atoms with E-state index in [9.17, 15) is 13.6 Å². The van der Waals surface area contributed by atoms with Gasteiger partial charge in [0.2, 0.25) is 0 Å². The van der Waals surface area contributed by atoms with Crippen LogP contribution in [0.3, 0.4) is 0 Å². The van der Waals surface area contributed by atoms with Crippen molar-refractivity contribution >= 4 is 34.4 Å². The molecule has 1 heterocycles. The van der Waals surface area contributed by atoms with Gasteiger partial charge in [-0.3, -0.25) is 4.21 Å². The van der Waals surface area contributed by atoms with E-state index in [0.29, 0.717) is 12.1 Å². The summed E-state index contributed by atoms with van der Waals surface area (Å²) in [7, 11) is 0. The molecule has 0 bridgehead atoms. The standard InChI is InChI=1S/C19H27N3O4S2/c1-5-6-15-12-27-17(20-15)16(21-18(23)26-19(2,3)4)11-13-7-9-14(10-8-13)22-28(24)25/h7-10,12,16,22H,5-6,11H2,1-4H3,(H,21,23)(H,24,25)/p-1/t16-/m0/s1. The Morgan fingerprint density at radius 3 is 2.57 bits per heavy atom. The van der Waals surface area contributed by atoms with Gasteiger partial charge >= 0.3 is 6.09 Å². The van der Waals surface area contributed by atoms with Crippen LogP contribution in [0.25, 0.3) is 0 Å². The molecule has 9 heteroatoms. The maximum atomic E-state index is 12.3. The Kier molecular flexibility index (Phi) is 7.97. The van der Waals surface area contributed by atoms with Gasteiger partial charge in [-0.2, -0.15) is 0 Å². The topological polar surface area (TPSA) is 103 Å². The van der Waals surface area contributed by atoms with E-state index in [4.69, 9.17) is 4.74 Å². The molecule has 7 nitrogen and oxygen atoms in total.